The minimum Gasteiger partial charge on any atom is -0.465 e. The third-order valence-corrected chi connectivity index (χ3v) is 4.95. The van der Waals surface area contributed by atoms with Crippen LogP contribution in [0.2, 0.25) is 0 Å². The van der Waals surface area contributed by atoms with Crippen molar-refractivity contribution in [2.24, 2.45) is 0 Å². The summed E-state index contributed by atoms with van der Waals surface area (Å²) < 4.78 is 21.5. The van der Waals surface area contributed by atoms with Crippen molar-refractivity contribution in [3.8, 4) is 11.3 Å². The number of rotatable bonds is 2. The van der Waals surface area contributed by atoms with E-state index in [0.717, 1.165) is 21.9 Å². The molecule has 3 aromatic carbocycles. The number of methoxy groups -OCH3 is 1. The highest BCUT2D eigenvalue weighted by Crippen LogP contribution is 2.33. The van der Waals surface area contributed by atoms with Crippen LogP contribution in [0, 0.1) is 5.82 Å². The largest absolute Gasteiger partial charge is 0.465 e. The summed E-state index contributed by atoms with van der Waals surface area (Å²) in [5, 5.41) is 1.03. The van der Waals surface area contributed by atoms with E-state index in [1.165, 1.54) is 13.2 Å². The average Bonchev–Trinajstić information content (AvgIpc) is 3.12. The summed E-state index contributed by atoms with van der Waals surface area (Å²) >= 11 is 0. The average molecular weight is 370 g/mol. The molecule has 2 aromatic heterocycles. The first-order chi connectivity index (χ1) is 13.7. The molecule has 136 valence electrons. The molecule has 0 bridgehead atoms. The summed E-state index contributed by atoms with van der Waals surface area (Å²) in [5.74, 6) is -0.778. The Morgan fingerprint density at radius 3 is 2.54 bits per heavy atom. The maximum Gasteiger partial charge on any atom is 0.337 e. The number of nitrogens with zero attached hydrogens (tertiary/aromatic N) is 2. The van der Waals surface area contributed by atoms with E-state index in [2.05, 4.69) is 4.40 Å². The van der Waals surface area contributed by atoms with Crippen molar-refractivity contribution in [3.05, 3.63) is 84.2 Å². The van der Waals surface area contributed by atoms with Crippen molar-refractivity contribution in [1.29, 1.82) is 0 Å². The molecule has 0 fully saturated rings. The van der Waals surface area contributed by atoms with E-state index in [1.54, 1.807) is 30.3 Å². The molecule has 0 saturated carbocycles. The highest BCUT2D eigenvalue weighted by atomic mass is 19.1. The van der Waals surface area contributed by atoms with Crippen LogP contribution in [0.25, 0.3) is 38.7 Å². The number of aromatic nitrogens is 2. The van der Waals surface area contributed by atoms with Crippen LogP contribution >= 0.6 is 0 Å². The molecular formula is C23H15FN2O2. The van der Waals surface area contributed by atoms with Gasteiger partial charge in [0.05, 0.1) is 40.4 Å². The Morgan fingerprint density at radius 2 is 1.71 bits per heavy atom. The molecule has 0 radical (unpaired) electrons. The molecule has 28 heavy (non-hydrogen) atoms. The minimum atomic E-state index is -0.436. The number of carbonyl (C=O) groups excluding carboxylic acids is 1. The van der Waals surface area contributed by atoms with Gasteiger partial charge in [-0.3, -0.25) is 0 Å². The summed E-state index contributed by atoms with van der Waals surface area (Å²) in [7, 11) is 1.34. The van der Waals surface area contributed by atoms with Gasteiger partial charge < -0.3 is 9.14 Å². The Labute approximate surface area is 159 Å². The third kappa shape index (κ3) is 2.36. The Kier molecular flexibility index (Phi) is 3.62. The van der Waals surface area contributed by atoms with Crippen molar-refractivity contribution < 1.29 is 13.9 Å². The second kappa shape index (κ2) is 6.16. The van der Waals surface area contributed by atoms with Gasteiger partial charge in [-0.2, -0.15) is 0 Å². The number of carbonyl (C=O) groups is 1. The van der Waals surface area contributed by atoms with E-state index < -0.39 is 5.97 Å². The Bertz CT molecular complexity index is 1390. The van der Waals surface area contributed by atoms with E-state index in [9.17, 15) is 9.18 Å². The molecule has 0 atom stereocenters. The lowest BCUT2D eigenvalue weighted by Gasteiger charge is -2.11. The van der Waals surface area contributed by atoms with Gasteiger partial charge in [0.15, 0.2) is 0 Å². The molecule has 0 aliphatic carbocycles. The van der Waals surface area contributed by atoms with Crippen molar-refractivity contribution in [2.75, 3.05) is 7.11 Å². The van der Waals surface area contributed by atoms with E-state index in [1.807, 2.05) is 36.4 Å². The highest BCUT2D eigenvalue weighted by molar-refractivity contribution is 6.00. The molecule has 0 spiro atoms. The Hall–Kier alpha value is -3.73. The first kappa shape index (κ1) is 16.4. The van der Waals surface area contributed by atoms with Crippen LogP contribution in [0.4, 0.5) is 4.39 Å². The predicted molar refractivity (Wildman–Crippen MR) is 107 cm³/mol. The smallest absolute Gasteiger partial charge is 0.337 e. The van der Waals surface area contributed by atoms with Gasteiger partial charge in [-0.1, -0.05) is 30.3 Å². The topological polar surface area (TPSA) is 43.6 Å². The molecule has 0 saturated heterocycles. The number of hydrogen-bond acceptors (Lipinski definition) is 3. The van der Waals surface area contributed by atoms with Crippen LogP contribution < -0.4 is 0 Å². The monoisotopic (exact) mass is 370 g/mol. The molecule has 0 aliphatic heterocycles. The van der Waals surface area contributed by atoms with Gasteiger partial charge in [-0.05, 0) is 42.5 Å². The second-order valence-electron chi connectivity index (χ2n) is 6.56. The zero-order chi connectivity index (χ0) is 19.3. The van der Waals surface area contributed by atoms with Crippen LogP contribution in [-0.2, 0) is 4.74 Å². The third-order valence-electron chi connectivity index (χ3n) is 4.95. The summed E-state index contributed by atoms with van der Waals surface area (Å²) in [6, 6.07) is 21.8. The first-order valence-corrected chi connectivity index (χ1v) is 8.84. The Morgan fingerprint density at radius 1 is 0.929 bits per heavy atom. The molecule has 5 aromatic rings. The van der Waals surface area contributed by atoms with Crippen LogP contribution in [0.1, 0.15) is 10.4 Å². The van der Waals surface area contributed by atoms with Gasteiger partial charge in [-0.15, -0.1) is 0 Å². The van der Waals surface area contributed by atoms with Gasteiger partial charge >= 0.3 is 5.97 Å². The second-order valence-corrected chi connectivity index (χ2v) is 6.56. The van der Waals surface area contributed by atoms with E-state index in [0.29, 0.717) is 22.3 Å². The van der Waals surface area contributed by atoms with Gasteiger partial charge in [0, 0.05) is 10.9 Å². The number of fused-ring (bicyclic) bond motifs is 5. The van der Waals surface area contributed by atoms with Gasteiger partial charge in [0.1, 0.15) is 5.82 Å². The summed E-state index contributed by atoms with van der Waals surface area (Å²) in [6.07, 6.45) is 0. The van der Waals surface area contributed by atoms with E-state index >= 15 is 0 Å². The van der Waals surface area contributed by atoms with Gasteiger partial charge in [0.25, 0.3) is 0 Å². The normalized spacial score (nSPS) is 11.4. The Balaban J connectivity index is 1.97. The predicted octanol–water partition coefficient (Wildman–Crippen LogP) is 5.23. The molecule has 4 nitrogen and oxygen atoms in total. The number of ether oxygens (including phenoxy) is 1. The fourth-order valence-electron chi connectivity index (χ4n) is 3.66. The van der Waals surface area contributed by atoms with Crippen LogP contribution in [-0.4, -0.2) is 22.5 Å². The van der Waals surface area contributed by atoms with Crippen molar-refractivity contribution in [2.45, 2.75) is 0 Å². The van der Waals surface area contributed by atoms with Crippen LogP contribution in [0.5, 0.6) is 0 Å². The molecule has 0 amide bonds. The van der Waals surface area contributed by atoms with Gasteiger partial charge in [-0.25, -0.2) is 14.2 Å². The molecule has 5 heteroatoms. The molecule has 5 rings (SSSR count). The van der Waals surface area contributed by atoms with Crippen molar-refractivity contribution >= 4 is 33.4 Å². The lowest BCUT2D eigenvalue weighted by Crippen LogP contribution is -2.03. The highest BCUT2D eigenvalue weighted by Gasteiger charge is 2.17. The number of halogens is 1. The fraction of sp³-hybridized carbons (Fsp3) is 0.0435. The summed E-state index contributed by atoms with van der Waals surface area (Å²) in [5.41, 5.74) is 4.58. The fourth-order valence-corrected chi connectivity index (χ4v) is 3.66. The number of benzene rings is 3. The molecular weight excluding hydrogens is 355 g/mol. The first-order valence-electron chi connectivity index (χ1n) is 8.84. The zero-order valence-corrected chi connectivity index (χ0v) is 15.0. The molecule has 0 unspecified atom stereocenters. The standard InChI is InChI=1S/C23H15FN2O2/c1-28-23(27)15-10-11-20-18(12-15)25-22(16-7-3-4-8-17(16)24)21-13-14-6-2-5-9-19(14)26(20)21/h2-13H,1H3. The SMILES string of the molecule is COC(=O)c1ccc2c(c1)nc(-c1ccccc1F)c1cc3ccccc3n12. The molecule has 0 aliphatic rings. The molecule has 0 N–H and O–H groups in total. The number of para-hydroxylation sites is 1. The number of esters is 1. The van der Waals surface area contributed by atoms with Gasteiger partial charge in [0.2, 0.25) is 0 Å². The van der Waals surface area contributed by atoms with Crippen molar-refractivity contribution in [3.63, 3.8) is 0 Å². The lowest BCUT2D eigenvalue weighted by molar-refractivity contribution is 0.0601. The number of hydrogen-bond donors (Lipinski definition) is 0. The van der Waals surface area contributed by atoms with E-state index in [-0.39, 0.29) is 5.82 Å². The lowest BCUT2D eigenvalue weighted by atomic mass is 10.1. The maximum atomic E-state index is 14.6. The minimum absolute atomic E-state index is 0.342. The van der Waals surface area contributed by atoms with Crippen molar-refractivity contribution in [1.82, 2.24) is 9.38 Å². The van der Waals surface area contributed by atoms with Crippen LogP contribution in [0.3, 0.4) is 0 Å². The zero-order valence-electron chi connectivity index (χ0n) is 15.0. The quantitative estimate of drug-likeness (QED) is 0.400. The van der Waals surface area contributed by atoms with E-state index in [4.69, 9.17) is 9.72 Å². The van der Waals surface area contributed by atoms with Crippen LogP contribution in [0.15, 0.2) is 72.8 Å². The summed E-state index contributed by atoms with van der Waals surface area (Å²) in [6.45, 7) is 0. The maximum absolute atomic E-state index is 14.6. The molecule has 2 heterocycles. The summed E-state index contributed by atoms with van der Waals surface area (Å²) in [4.78, 5) is 16.7.